The first-order chi connectivity index (χ1) is 12.9. The van der Waals surface area contributed by atoms with Gasteiger partial charge in [0.15, 0.2) is 0 Å². The smallest absolute Gasteiger partial charge is 0.267 e. The summed E-state index contributed by atoms with van der Waals surface area (Å²) in [4.78, 5) is 6.75. The van der Waals surface area contributed by atoms with E-state index in [1.54, 1.807) is 35.7 Å². The van der Waals surface area contributed by atoms with Crippen LogP contribution in [0, 0.1) is 6.92 Å². The lowest BCUT2D eigenvalue weighted by Crippen LogP contribution is -2.32. The Labute approximate surface area is 165 Å². The number of hydrogen-bond donors (Lipinski definition) is 0. The number of nitrogens with one attached hydrogen (secondary N) is 1. The number of aromatic nitrogens is 1. The average molecular weight is 403 g/mol. The summed E-state index contributed by atoms with van der Waals surface area (Å²) in [7, 11) is -1.63. The van der Waals surface area contributed by atoms with Crippen molar-refractivity contribution >= 4 is 32.9 Å². The number of rotatable bonds is 7. The zero-order valence-electron chi connectivity index (χ0n) is 15.7. The molecule has 0 bridgehead atoms. The molecule has 0 spiro atoms. The van der Waals surface area contributed by atoms with Crippen LogP contribution in [0.3, 0.4) is 0 Å². The Bertz CT molecular complexity index is 984. The Hall–Kier alpha value is -2.38. The van der Waals surface area contributed by atoms with Crippen LogP contribution in [0.1, 0.15) is 17.4 Å². The topological polar surface area (TPSA) is 54.8 Å². The molecule has 27 heavy (non-hydrogen) atoms. The van der Waals surface area contributed by atoms with Gasteiger partial charge in [0, 0.05) is 17.5 Å². The Balaban J connectivity index is 1.82. The predicted molar refractivity (Wildman–Crippen MR) is 111 cm³/mol. The molecule has 0 saturated heterocycles. The first-order valence-electron chi connectivity index (χ1n) is 8.77. The SMILES string of the molecule is CCN(c1ccccc1)S(=O)(=O)c1ccc(N(C)Cc2sccc2C)[nH+]c1. The lowest BCUT2D eigenvalue weighted by atomic mass is 10.3. The summed E-state index contributed by atoms with van der Waals surface area (Å²) in [6.07, 6.45) is 1.56. The zero-order valence-corrected chi connectivity index (χ0v) is 17.3. The number of thiophene rings is 1. The van der Waals surface area contributed by atoms with E-state index in [1.165, 1.54) is 14.7 Å². The second kappa shape index (κ2) is 8.10. The van der Waals surface area contributed by atoms with Crippen molar-refractivity contribution in [3.8, 4) is 0 Å². The van der Waals surface area contributed by atoms with Crippen molar-refractivity contribution in [3.05, 3.63) is 70.5 Å². The molecule has 3 rings (SSSR count). The van der Waals surface area contributed by atoms with Gasteiger partial charge in [0.25, 0.3) is 15.8 Å². The average Bonchev–Trinajstić information content (AvgIpc) is 3.07. The van der Waals surface area contributed by atoms with Crippen molar-refractivity contribution in [3.63, 3.8) is 0 Å². The highest BCUT2D eigenvalue weighted by Gasteiger charge is 2.25. The summed E-state index contributed by atoms with van der Waals surface area (Å²) in [5.74, 6) is 0.865. The number of aryl methyl sites for hydroxylation is 1. The molecular formula is C20H24N3O2S2+. The largest absolute Gasteiger partial charge is 0.274 e. The van der Waals surface area contributed by atoms with Crippen LogP contribution in [0.25, 0.3) is 0 Å². The second-order valence-electron chi connectivity index (χ2n) is 6.30. The second-order valence-corrected chi connectivity index (χ2v) is 9.16. The third-order valence-corrected chi connectivity index (χ3v) is 7.35. The highest BCUT2D eigenvalue weighted by molar-refractivity contribution is 7.92. The highest BCUT2D eigenvalue weighted by Crippen LogP contribution is 2.24. The molecule has 2 heterocycles. The monoisotopic (exact) mass is 402 g/mol. The summed E-state index contributed by atoms with van der Waals surface area (Å²) < 4.78 is 27.5. The molecule has 2 aromatic heterocycles. The van der Waals surface area contributed by atoms with Gasteiger partial charge in [-0.15, -0.1) is 11.3 Å². The zero-order chi connectivity index (χ0) is 19.4. The molecule has 0 aliphatic rings. The molecule has 0 aliphatic carbocycles. The Morgan fingerprint density at radius 1 is 1.07 bits per heavy atom. The summed E-state index contributed by atoms with van der Waals surface area (Å²) in [5, 5.41) is 2.08. The van der Waals surface area contributed by atoms with E-state index < -0.39 is 10.0 Å². The normalized spacial score (nSPS) is 11.4. The minimum atomic E-state index is -3.62. The van der Waals surface area contributed by atoms with Crippen molar-refractivity contribution in [2.75, 3.05) is 22.8 Å². The molecule has 3 aromatic rings. The van der Waals surface area contributed by atoms with Gasteiger partial charge in [-0.3, -0.25) is 9.21 Å². The molecule has 5 nitrogen and oxygen atoms in total. The molecule has 1 aromatic carbocycles. The molecule has 0 aliphatic heterocycles. The van der Waals surface area contributed by atoms with E-state index in [4.69, 9.17) is 0 Å². The number of para-hydroxylation sites is 1. The molecule has 142 valence electrons. The van der Waals surface area contributed by atoms with E-state index in [-0.39, 0.29) is 4.90 Å². The lowest BCUT2D eigenvalue weighted by molar-refractivity contribution is -0.367. The van der Waals surface area contributed by atoms with Gasteiger partial charge in [-0.05, 0) is 49.1 Å². The number of pyridine rings is 1. The van der Waals surface area contributed by atoms with Gasteiger partial charge in [0.2, 0.25) is 0 Å². The maximum Gasteiger partial charge on any atom is 0.274 e. The van der Waals surface area contributed by atoms with Gasteiger partial charge >= 0.3 is 0 Å². The number of nitrogens with zero attached hydrogens (tertiary/aromatic N) is 2. The van der Waals surface area contributed by atoms with E-state index in [0.717, 1.165) is 12.4 Å². The van der Waals surface area contributed by atoms with Gasteiger partial charge in [-0.1, -0.05) is 18.2 Å². The van der Waals surface area contributed by atoms with E-state index in [1.807, 2.05) is 38.2 Å². The van der Waals surface area contributed by atoms with Crippen molar-refractivity contribution in [1.29, 1.82) is 0 Å². The third kappa shape index (κ3) is 4.14. The first-order valence-corrected chi connectivity index (χ1v) is 11.1. The quantitative estimate of drug-likeness (QED) is 0.605. The Morgan fingerprint density at radius 3 is 2.37 bits per heavy atom. The molecule has 7 heteroatoms. The summed E-state index contributed by atoms with van der Waals surface area (Å²) in [6, 6.07) is 14.7. The molecule has 0 saturated carbocycles. The van der Waals surface area contributed by atoms with Gasteiger partial charge in [0.1, 0.15) is 17.6 Å². The van der Waals surface area contributed by atoms with Crippen molar-refractivity contribution in [1.82, 2.24) is 0 Å². The van der Waals surface area contributed by atoms with Crippen molar-refractivity contribution in [2.24, 2.45) is 0 Å². The van der Waals surface area contributed by atoms with Crippen LogP contribution < -0.4 is 14.2 Å². The van der Waals surface area contributed by atoms with E-state index in [9.17, 15) is 8.42 Å². The fraction of sp³-hybridized carbons (Fsp3) is 0.250. The van der Waals surface area contributed by atoms with Crippen LogP contribution in [0.5, 0.6) is 0 Å². The standard InChI is InChI=1S/C20H23N3O2S2/c1-4-23(17-8-6-5-7-9-17)27(24,25)18-10-11-20(21-14-18)22(3)15-19-16(2)12-13-26-19/h5-14H,4,15H2,1-3H3/p+1. The summed E-state index contributed by atoms with van der Waals surface area (Å²) in [5.41, 5.74) is 1.93. The van der Waals surface area contributed by atoms with Crippen LogP contribution in [0.15, 0.2) is 65.0 Å². The highest BCUT2D eigenvalue weighted by atomic mass is 32.2. The van der Waals surface area contributed by atoms with Crippen LogP contribution in [-0.2, 0) is 16.6 Å². The van der Waals surface area contributed by atoms with Crippen LogP contribution in [-0.4, -0.2) is 22.0 Å². The molecule has 0 amide bonds. The molecule has 0 radical (unpaired) electrons. The summed E-state index contributed by atoms with van der Waals surface area (Å²) >= 11 is 1.73. The maximum atomic E-state index is 13.0. The van der Waals surface area contributed by atoms with Crippen molar-refractivity contribution < 1.29 is 13.4 Å². The van der Waals surface area contributed by atoms with Gasteiger partial charge < -0.3 is 0 Å². The van der Waals surface area contributed by atoms with E-state index in [2.05, 4.69) is 28.3 Å². The number of benzene rings is 1. The van der Waals surface area contributed by atoms with E-state index >= 15 is 0 Å². The number of aromatic amines is 1. The number of hydrogen-bond acceptors (Lipinski definition) is 4. The molecule has 0 fully saturated rings. The Morgan fingerprint density at radius 2 is 1.81 bits per heavy atom. The molecular weight excluding hydrogens is 378 g/mol. The summed E-state index contributed by atoms with van der Waals surface area (Å²) in [6.45, 7) is 5.07. The molecule has 0 atom stereocenters. The van der Waals surface area contributed by atoms with Gasteiger partial charge in [-0.2, -0.15) is 0 Å². The minimum Gasteiger partial charge on any atom is -0.267 e. The first kappa shape index (κ1) is 19.4. The van der Waals surface area contributed by atoms with Gasteiger partial charge in [0.05, 0.1) is 12.7 Å². The van der Waals surface area contributed by atoms with Crippen LogP contribution >= 0.6 is 11.3 Å². The number of H-pyrrole nitrogens is 1. The predicted octanol–water partition coefficient (Wildman–Crippen LogP) is 3.72. The molecule has 1 N–H and O–H groups in total. The fourth-order valence-corrected chi connectivity index (χ4v) is 5.28. The van der Waals surface area contributed by atoms with Crippen LogP contribution in [0.4, 0.5) is 11.5 Å². The van der Waals surface area contributed by atoms with Gasteiger partial charge in [-0.25, -0.2) is 13.4 Å². The number of anilines is 2. The van der Waals surface area contributed by atoms with E-state index in [0.29, 0.717) is 12.2 Å². The van der Waals surface area contributed by atoms with Crippen molar-refractivity contribution in [2.45, 2.75) is 25.3 Å². The Kier molecular flexibility index (Phi) is 5.82. The minimum absolute atomic E-state index is 0.248. The lowest BCUT2D eigenvalue weighted by Gasteiger charge is -2.22. The number of sulfonamides is 1. The molecule has 0 unspecified atom stereocenters. The third-order valence-electron chi connectivity index (χ3n) is 4.45. The fourth-order valence-electron chi connectivity index (χ4n) is 2.88. The van der Waals surface area contributed by atoms with Crippen LogP contribution in [0.2, 0.25) is 0 Å². The maximum absolute atomic E-state index is 13.0.